The number of carbonyl (C=O) groups excluding carboxylic acids is 2. The normalized spacial score (nSPS) is 18.5. The zero-order valence-electron chi connectivity index (χ0n) is 21.3. The molecule has 1 aromatic carbocycles. The van der Waals surface area contributed by atoms with Gasteiger partial charge in [-0.25, -0.2) is 17.2 Å². The summed E-state index contributed by atoms with van der Waals surface area (Å²) in [5, 5.41) is 2.67. The molecule has 1 amide bonds. The molecule has 2 aromatic rings. The number of rotatable bonds is 6. The molecule has 3 heterocycles. The van der Waals surface area contributed by atoms with Crippen LogP contribution in [0.25, 0.3) is 11.2 Å². The number of nitrogens with zero attached hydrogens (tertiary/aromatic N) is 2. The molecule has 9 nitrogen and oxygen atoms in total. The van der Waals surface area contributed by atoms with Gasteiger partial charge in [0.05, 0.1) is 22.6 Å². The van der Waals surface area contributed by atoms with Gasteiger partial charge in [0.2, 0.25) is 10.0 Å². The Hall–Kier alpha value is -3.11. The van der Waals surface area contributed by atoms with E-state index in [4.69, 9.17) is 9.31 Å². The van der Waals surface area contributed by atoms with Gasteiger partial charge in [-0.3, -0.25) is 4.79 Å². The van der Waals surface area contributed by atoms with Crippen molar-refractivity contribution in [2.75, 3.05) is 13.6 Å². The Kier molecular flexibility index (Phi) is 6.55. The summed E-state index contributed by atoms with van der Waals surface area (Å²) in [7, 11) is -3.38. The third-order valence-electron chi connectivity index (χ3n) is 6.82. The van der Waals surface area contributed by atoms with Gasteiger partial charge < -0.3 is 19.5 Å². The summed E-state index contributed by atoms with van der Waals surface area (Å²) in [6.45, 7) is 9.68. The SMILES string of the molecule is CCNC(=O)c1cc2c(n1S(=O)(=O)Cc1ccccc1)C(=C=O)N(C)C=C2B1OC(C)(C)C(C)(C)O1. The largest absolute Gasteiger partial charge is 0.497 e. The molecule has 36 heavy (non-hydrogen) atoms. The average molecular weight is 511 g/mol. The minimum absolute atomic E-state index is 0.0162. The fourth-order valence-corrected chi connectivity index (χ4v) is 5.91. The van der Waals surface area contributed by atoms with Crippen molar-refractivity contribution in [3.05, 3.63) is 65.1 Å². The van der Waals surface area contributed by atoms with Crippen molar-refractivity contribution in [3.8, 4) is 0 Å². The van der Waals surface area contributed by atoms with E-state index in [1.54, 1.807) is 50.5 Å². The number of amides is 1. The van der Waals surface area contributed by atoms with E-state index in [1.807, 2.05) is 33.6 Å². The molecule has 0 radical (unpaired) electrons. The number of carbonyl (C=O) groups is 1. The predicted molar refractivity (Wildman–Crippen MR) is 138 cm³/mol. The first-order valence-electron chi connectivity index (χ1n) is 11.7. The fraction of sp³-hybridized carbons (Fsp3) is 0.400. The van der Waals surface area contributed by atoms with Crippen LogP contribution in [0.15, 0.2) is 42.6 Å². The Morgan fingerprint density at radius 1 is 1.11 bits per heavy atom. The summed E-state index contributed by atoms with van der Waals surface area (Å²) in [5.41, 5.74) is 0.0409. The first-order valence-corrected chi connectivity index (χ1v) is 13.3. The first kappa shape index (κ1) is 26.0. The highest BCUT2D eigenvalue weighted by Crippen LogP contribution is 2.44. The Balaban J connectivity index is 1.95. The number of nitrogens with one attached hydrogen (secondary N) is 1. The van der Waals surface area contributed by atoms with E-state index in [9.17, 15) is 18.0 Å². The summed E-state index contributed by atoms with van der Waals surface area (Å²) < 4.78 is 41.0. The standard InChI is InChI=1S/C25H30BN3O6S/c1-7-27-23(31)20-13-18-19(26-34-24(2,3)25(4,5)35-26)14-28(6)21(15-30)22(18)29(20)36(32,33)16-17-11-9-8-10-12-17/h8-14H,7,16H2,1-6H3,(H,27,31). The predicted octanol–water partition coefficient (Wildman–Crippen LogP) is 2.71. The number of hydrogen-bond acceptors (Lipinski definition) is 7. The highest BCUT2D eigenvalue weighted by Gasteiger charge is 2.54. The molecular formula is C25H30BN3O6S. The molecule has 0 aliphatic carbocycles. The van der Waals surface area contributed by atoms with Gasteiger partial charge >= 0.3 is 7.12 Å². The smallest absolute Gasteiger partial charge is 0.399 e. The van der Waals surface area contributed by atoms with Crippen molar-refractivity contribution in [1.29, 1.82) is 0 Å². The van der Waals surface area contributed by atoms with Crippen LogP contribution in [0.1, 0.15) is 61.9 Å². The lowest BCUT2D eigenvalue weighted by Crippen LogP contribution is -2.41. The van der Waals surface area contributed by atoms with E-state index in [-0.39, 0.29) is 22.8 Å². The molecule has 0 saturated carbocycles. The van der Waals surface area contributed by atoms with Gasteiger partial charge in [0.1, 0.15) is 5.69 Å². The number of aromatic nitrogens is 1. The van der Waals surface area contributed by atoms with Crippen molar-refractivity contribution >= 4 is 40.2 Å². The molecule has 4 rings (SSSR count). The van der Waals surface area contributed by atoms with E-state index >= 15 is 0 Å². The average Bonchev–Trinajstić information content (AvgIpc) is 3.29. The summed E-state index contributed by atoms with van der Waals surface area (Å²) >= 11 is 0. The number of fused-ring (bicyclic) bond motifs is 1. The third-order valence-corrected chi connectivity index (χ3v) is 8.46. The molecule has 0 unspecified atom stereocenters. The van der Waals surface area contributed by atoms with Gasteiger partial charge in [-0.1, -0.05) is 30.3 Å². The van der Waals surface area contributed by atoms with Crippen LogP contribution in [-0.4, -0.2) is 61.1 Å². The van der Waals surface area contributed by atoms with Crippen LogP contribution in [0.2, 0.25) is 0 Å². The highest BCUT2D eigenvalue weighted by molar-refractivity contribution is 7.89. The van der Waals surface area contributed by atoms with Crippen molar-refractivity contribution < 1.29 is 27.3 Å². The Morgan fingerprint density at radius 3 is 2.28 bits per heavy atom. The van der Waals surface area contributed by atoms with E-state index in [0.717, 1.165) is 3.97 Å². The van der Waals surface area contributed by atoms with Gasteiger partial charge in [0.15, 0.2) is 11.6 Å². The lowest BCUT2D eigenvalue weighted by Gasteiger charge is -2.32. The van der Waals surface area contributed by atoms with Gasteiger partial charge in [0.25, 0.3) is 5.91 Å². The van der Waals surface area contributed by atoms with Crippen molar-refractivity contribution in [2.45, 2.75) is 51.6 Å². The van der Waals surface area contributed by atoms with Crippen LogP contribution in [-0.2, 0) is 29.9 Å². The van der Waals surface area contributed by atoms with Crippen LogP contribution in [0.5, 0.6) is 0 Å². The maximum absolute atomic E-state index is 13.8. The zero-order chi connectivity index (χ0) is 26.5. The summed E-state index contributed by atoms with van der Waals surface area (Å²) in [5.74, 6) is 0.916. The van der Waals surface area contributed by atoms with Gasteiger partial charge in [-0.2, -0.15) is 0 Å². The van der Waals surface area contributed by atoms with Gasteiger partial charge in [-0.15, -0.1) is 0 Å². The summed E-state index contributed by atoms with van der Waals surface area (Å²) in [6.07, 6.45) is 1.65. The maximum atomic E-state index is 13.8. The molecule has 2 aliphatic rings. The lowest BCUT2D eigenvalue weighted by atomic mass is 9.73. The minimum Gasteiger partial charge on any atom is -0.399 e. The molecule has 0 atom stereocenters. The number of benzene rings is 1. The van der Waals surface area contributed by atoms with Crippen molar-refractivity contribution in [2.24, 2.45) is 0 Å². The first-order chi connectivity index (χ1) is 16.8. The monoisotopic (exact) mass is 511 g/mol. The lowest BCUT2D eigenvalue weighted by molar-refractivity contribution is 0.00578. The summed E-state index contributed by atoms with van der Waals surface area (Å²) in [4.78, 5) is 26.7. The second kappa shape index (κ2) is 9.08. The zero-order valence-corrected chi connectivity index (χ0v) is 22.1. The molecule has 1 saturated heterocycles. The highest BCUT2D eigenvalue weighted by atomic mass is 32.2. The second-order valence-electron chi connectivity index (χ2n) is 9.89. The van der Waals surface area contributed by atoms with Gasteiger partial charge in [0, 0.05) is 30.8 Å². The van der Waals surface area contributed by atoms with E-state index in [1.165, 1.54) is 11.0 Å². The fourth-order valence-electron chi connectivity index (χ4n) is 4.27. The van der Waals surface area contributed by atoms with Crippen LogP contribution < -0.4 is 5.32 Å². The topological polar surface area (TPSA) is 107 Å². The minimum atomic E-state index is -4.14. The third kappa shape index (κ3) is 4.33. The Morgan fingerprint density at radius 2 is 1.72 bits per heavy atom. The molecule has 11 heteroatoms. The second-order valence-corrected chi connectivity index (χ2v) is 11.7. The molecule has 1 fully saturated rings. The van der Waals surface area contributed by atoms with Crippen LogP contribution in [0.3, 0.4) is 0 Å². The Bertz CT molecular complexity index is 1370. The van der Waals surface area contributed by atoms with Crippen LogP contribution >= 0.6 is 0 Å². The maximum Gasteiger partial charge on any atom is 0.497 e. The van der Waals surface area contributed by atoms with E-state index in [2.05, 4.69) is 5.32 Å². The molecule has 0 bridgehead atoms. The van der Waals surface area contributed by atoms with Crippen molar-refractivity contribution in [3.63, 3.8) is 0 Å². The quantitative estimate of drug-likeness (QED) is 0.470. The molecule has 0 spiro atoms. The molecular weight excluding hydrogens is 481 g/mol. The van der Waals surface area contributed by atoms with Crippen LogP contribution in [0, 0.1) is 0 Å². The van der Waals surface area contributed by atoms with Crippen LogP contribution in [0.4, 0.5) is 0 Å². The molecule has 2 aliphatic heterocycles. The summed E-state index contributed by atoms with van der Waals surface area (Å²) in [6, 6.07) is 10.1. The Labute approximate surface area is 212 Å². The molecule has 1 aromatic heterocycles. The van der Waals surface area contributed by atoms with E-state index < -0.39 is 34.3 Å². The van der Waals surface area contributed by atoms with E-state index in [0.29, 0.717) is 23.1 Å². The van der Waals surface area contributed by atoms with Gasteiger partial charge in [-0.05, 0) is 46.2 Å². The van der Waals surface area contributed by atoms with Crippen molar-refractivity contribution in [1.82, 2.24) is 14.2 Å². The molecule has 190 valence electrons. The number of hydrogen-bond donors (Lipinski definition) is 1. The molecule has 1 N–H and O–H groups in total.